The minimum atomic E-state index is 0. The second kappa shape index (κ2) is 11.0. The van der Waals surface area contributed by atoms with E-state index in [4.69, 9.17) is 6.42 Å². The van der Waals surface area contributed by atoms with E-state index in [1.807, 2.05) is 5.92 Å². The van der Waals surface area contributed by atoms with Crippen molar-refractivity contribution in [1.29, 1.82) is 0 Å². The third-order valence-electron chi connectivity index (χ3n) is 0. The molecule has 16 valence electrons. The van der Waals surface area contributed by atoms with Crippen molar-refractivity contribution in [3.63, 3.8) is 0 Å². The summed E-state index contributed by atoms with van der Waals surface area (Å²) in [6.07, 6.45) is 5.96. The van der Waals surface area contributed by atoms with E-state index in [0.29, 0.717) is 0 Å². The molecule has 0 saturated carbocycles. The molecule has 0 fully saturated rings. The third kappa shape index (κ3) is 117. The summed E-state index contributed by atoms with van der Waals surface area (Å²) in [6.45, 7) is 1.54. The van der Waals surface area contributed by atoms with Gasteiger partial charge in [-0.25, -0.2) is 0 Å². The molecule has 0 radical (unpaired) electrons. The van der Waals surface area contributed by atoms with E-state index in [-0.39, 0.29) is 18.9 Å². The number of rotatable bonds is 0. The zero-order valence-corrected chi connectivity index (χ0v) is 3.00. The molecule has 0 heterocycles. The summed E-state index contributed by atoms with van der Waals surface area (Å²) < 4.78 is 0. The van der Waals surface area contributed by atoms with Crippen LogP contribution in [0.3, 0.4) is 0 Å². The van der Waals surface area contributed by atoms with Gasteiger partial charge in [0.2, 0.25) is 0 Å². The largest absolute Gasteiger partial charge is 1.00 e. The number of hydrogen-bond donors (Lipinski definition) is 0. The molecule has 0 aliphatic carbocycles. The summed E-state index contributed by atoms with van der Waals surface area (Å²) >= 11 is 0. The fourth-order valence-corrected chi connectivity index (χ4v) is 0. The fourth-order valence-electron chi connectivity index (χ4n) is 0. The Labute approximate surface area is 38.8 Å². The van der Waals surface area contributed by atoms with Crippen LogP contribution in [0.4, 0.5) is 0 Å². The van der Waals surface area contributed by atoms with Crippen LogP contribution in [0.1, 0.15) is 6.92 Å². The van der Waals surface area contributed by atoms with Gasteiger partial charge >= 0.3 is 18.9 Å². The van der Waals surface area contributed by atoms with Crippen molar-refractivity contribution in [2.24, 2.45) is 0 Å². The van der Waals surface area contributed by atoms with Gasteiger partial charge in [-0.1, -0.05) is 0 Å². The second-order valence-corrected chi connectivity index (χ2v) is 0.250. The van der Waals surface area contributed by atoms with Crippen LogP contribution in [-0.4, -0.2) is 0 Å². The van der Waals surface area contributed by atoms with Crippen molar-refractivity contribution in [2.75, 3.05) is 0 Å². The molecule has 0 nitrogen and oxygen atoms in total. The Morgan fingerprint density at radius 3 is 1.75 bits per heavy atom. The average molecular weight is 46.0 g/mol. The molecule has 0 amide bonds. The van der Waals surface area contributed by atoms with Crippen LogP contribution in [0.5, 0.6) is 0 Å². The van der Waals surface area contributed by atoms with Crippen LogP contribution in [0.25, 0.3) is 0 Å². The van der Waals surface area contributed by atoms with Crippen molar-refractivity contribution in [3.8, 4) is 5.92 Å². The van der Waals surface area contributed by atoms with E-state index in [1.54, 1.807) is 6.92 Å². The maximum atomic E-state index is 5.96. The SMILES string of the molecule is [C-]#CC.[Li+]. The molecular formula is C3H3Li. The molecule has 0 saturated heterocycles. The predicted octanol–water partition coefficient (Wildman–Crippen LogP) is -2.40. The molecule has 0 bridgehead atoms. The Morgan fingerprint density at radius 2 is 1.75 bits per heavy atom. The van der Waals surface area contributed by atoms with Crippen molar-refractivity contribution in [3.05, 3.63) is 6.42 Å². The van der Waals surface area contributed by atoms with Crippen LogP contribution >= 0.6 is 0 Å². The standard InChI is InChI=1S/C3H3.Li/c1-3-2;/h1H3;/q-1;+1. The molecule has 0 aromatic carbocycles. The Morgan fingerprint density at radius 1 is 1.75 bits per heavy atom. The van der Waals surface area contributed by atoms with Gasteiger partial charge in [-0.15, -0.1) is 0 Å². The normalized spacial score (nSPS) is 2.00. The van der Waals surface area contributed by atoms with E-state index in [2.05, 4.69) is 0 Å². The predicted molar refractivity (Wildman–Crippen MR) is 12.8 cm³/mol. The summed E-state index contributed by atoms with van der Waals surface area (Å²) in [4.78, 5) is 0. The molecule has 0 atom stereocenters. The first kappa shape index (κ1) is 8.90. The Hall–Kier alpha value is 0.157. The zero-order valence-electron chi connectivity index (χ0n) is 3.00. The smallest absolute Gasteiger partial charge is 0.694 e. The van der Waals surface area contributed by atoms with E-state index >= 15 is 0 Å². The van der Waals surface area contributed by atoms with Crippen molar-refractivity contribution in [1.82, 2.24) is 0 Å². The molecule has 0 spiro atoms. The average Bonchev–Trinajstić information content (AvgIpc) is 0.918. The molecule has 0 aliphatic rings. The van der Waals surface area contributed by atoms with E-state index in [9.17, 15) is 0 Å². The molecule has 0 N–H and O–H groups in total. The van der Waals surface area contributed by atoms with Crippen molar-refractivity contribution < 1.29 is 18.9 Å². The Kier molecular flexibility index (Phi) is 24.4. The third-order valence-corrected chi connectivity index (χ3v) is 0. The van der Waals surface area contributed by atoms with Gasteiger partial charge in [-0.3, -0.25) is 0 Å². The van der Waals surface area contributed by atoms with Gasteiger partial charge in [-0.2, -0.15) is 0 Å². The quantitative estimate of drug-likeness (QED) is 0.162. The van der Waals surface area contributed by atoms with Gasteiger partial charge in [0.05, 0.1) is 0 Å². The fraction of sp³-hybridized carbons (Fsp3) is 0.333. The second-order valence-electron chi connectivity index (χ2n) is 0.250. The van der Waals surface area contributed by atoms with Gasteiger partial charge in [0.25, 0.3) is 0 Å². The van der Waals surface area contributed by atoms with Gasteiger partial charge in [-0.05, 0) is 6.92 Å². The van der Waals surface area contributed by atoms with Crippen LogP contribution < -0.4 is 18.9 Å². The Bertz CT molecular complexity index is 24.8. The maximum Gasteiger partial charge on any atom is 1.00 e. The van der Waals surface area contributed by atoms with Crippen LogP contribution in [0.15, 0.2) is 0 Å². The zero-order chi connectivity index (χ0) is 2.71. The monoisotopic (exact) mass is 46.0 g/mol. The van der Waals surface area contributed by atoms with E-state index in [1.165, 1.54) is 0 Å². The minimum Gasteiger partial charge on any atom is -0.694 e. The molecule has 0 aromatic rings. The molecule has 0 aromatic heterocycles. The molecule has 0 unspecified atom stereocenters. The van der Waals surface area contributed by atoms with E-state index < -0.39 is 0 Å². The van der Waals surface area contributed by atoms with Crippen molar-refractivity contribution in [2.45, 2.75) is 6.92 Å². The first-order chi connectivity index (χ1) is 1.41. The van der Waals surface area contributed by atoms with Gasteiger partial charge in [0, 0.05) is 0 Å². The molecule has 1 heteroatoms. The first-order valence-electron chi connectivity index (χ1n) is 0.750. The van der Waals surface area contributed by atoms with Crippen molar-refractivity contribution >= 4 is 0 Å². The first-order valence-corrected chi connectivity index (χ1v) is 0.750. The maximum absolute atomic E-state index is 5.96. The summed E-state index contributed by atoms with van der Waals surface area (Å²) in [5.74, 6) is 2.00. The van der Waals surface area contributed by atoms with E-state index in [0.717, 1.165) is 0 Å². The molecule has 4 heavy (non-hydrogen) atoms. The molecular weight excluding hydrogens is 43.0 g/mol. The summed E-state index contributed by atoms with van der Waals surface area (Å²) in [5.41, 5.74) is 0. The van der Waals surface area contributed by atoms with Gasteiger partial charge in [0.1, 0.15) is 0 Å². The van der Waals surface area contributed by atoms with Crippen LogP contribution in [0, 0.1) is 12.3 Å². The molecule has 0 rings (SSSR count). The van der Waals surface area contributed by atoms with Gasteiger partial charge < -0.3 is 12.3 Å². The van der Waals surface area contributed by atoms with Crippen LogP contribution in [-0.2, 0) is 0 Å². The van der Waals surface area contributed by atoms with Gasteiger partial charge in [0.15, 0.2) is 0 Å². The summed E-state index contributed by atoms with van der Waals surface area (Å²) in [6, 6.07) is 0. The topological polar surface area (TPSA) is 0 Å². The number of hydrogen-bond acceptors (Lipinski definition) is 0. The minimum absolute atomic E-state index is 0. The van der Waals surface area contributed by atoms with Crippen LogP contribution in [0.2, 0.25) is 0 Å². The molecule has 0 aliphatic heterocycles. The Balaban J connectivity index is 0. The summed E-state index contributed by atoms with van der Waals surface area (Å²) in [7, 11) is 0. The summed E-state index contributed by atoms with van der Waals surface area (Å²) in [5, 5.41) is 0.